The van der Waals surface area contributed by atoms with Gasteiger partial charge in [-0.2, -0.15) is 0 Å². The second-order valence-electron chi connectivity index (χ2n) is 5.59. The Morgan fingerprint density at radius 3 is 2.16 bits per heavy atom. The van der Waals surface area contributed by atoms with E-state index in [-0.39, 0.29) is 19.4 Å². The third kappa shape index (κ3) is 4.11. The van der Waals surface area contributed by atoms with Crippen molar-refractivity contribution in [2.45, 2.75) is 45.3 Å². The Kier molecular flexibility index (Phi) is 4.39. The lowest BCUT2D eigenvalue weighted by Crippen LogP contribution is -2.52. The average molecular weight is 273 g/mol. The van der Waals surface area contributed by atoms with Gasteiger partial charge in [-0.05, 0) is 33.6 Å². The van der Waals surface area contributed by atoms with Crippen LogP contribution in [0.1, 0.15) is 33.6 Å². The Bertz CT molecular complexity index is 386. The highest BCUT2D eigenvalue weighted by molar-refractivity contribution is 5.82. The Balaban J connectivity index is 2.80. The van der Waals surface area contributed by atoms with Gasteiger partial charge in [-0.3, -0.25) is 9.69 Å². The molecule has 1 heterocycles. The van der Waals surface area contributed by atoms with E-state index in [1.165, 1.54) is 0 Å². The maximum Gasteiger partial charge on any atom is 0.411 e. The molecule has 1 rings (SSSR count). The van der Waals surface area contributed by atoms with Gasteiger partial charge in [0, 0.05) is 6.54 Å². The molecule has 19 heavy (non-hydrogen) atoms. The summed E-state index contributed by atoms with van der Waals surface area (Å²) in [5.74, 6) is -2.98. The number of carboxylic acids is 2. The monoisotopic (exact) mass is 273 g/mol. The molecule has 0 aromatic rings. The maximum atomic E-state index is 11.9. The minimum atomic E-state index is -1.21. The summed E-state index contributed by atoms with van der Waals surface area (Å²) in [5.41, 5.74) is -0.718. The molecular weight excluding hydrogens is 254 g/mol. The van der Waals surface area contributed by atoms with Gasteiger partial charge in [0.25, 0.3) is 0 Å². The number of carboxylic acid groups (broad SMARTS) is 2. The van der Waals surface area contributed by atoms with Crippen molar-refractivity contribution in [1.29, 1.82) is 0 Å². The fraction of sp³-hybridized carbons (Fsp3) is 0.750. The van der Waals surface area contributed by atoms with E-state index in [9.17, 15) is 14.4 Å². The summed E-state index contributed by atoms with van der Waals surface area (Å²) in [6.45, 7) is 5.13. The summed E-state index contributed by atoms with van der Waals surface area (Å²) in [7, 11) is 0. The standard InChI is InChI=1S/C12H19NO6/c1-12(2,3)19-11(18)13-5-4-7(9(14)15)6-8(13)10(16)17/h7-8H,4-6H2,1-3H3,(H,14,15)(H,16,17)/t7-,8-/m1/s1. The van der Waals surface area contributed by atoms with E-state index >= 15 is 0 Å². The van der Waals surface area contributed by atoms with E-state index in [1.54, 1.807) is 20.8 Å². The van der Waals surface area contributed by atoms with E-state index in [0.717, 1.165) is 4.90 Å². The molecule has 1 aliphatic rings. The van der Waals surface area contributed by atoms with Crippen LogP contribution in [0.4, 0.5) is 4.79 Å². The SMILES string of the molecule is CC(C)(C)OC(=O)N1CC[C@@H](C(=O)O)C[C@@H]1C(=O)O. The Hall–Kier alpha value is -1.79. The number of amides is 1. The van der Waals surface area contributed by atoms with Crippen LogP contribution in [0.5, 0.6) is 0 Å². The third-order valence-corrected chi connectivity index (χ3v) is 2.86. The summed E-state index contributed by atoms with van der Waals surface area (Å²) in [6, 6.07) is -1.15. The molecule has 0 spiro atoms. The number of piperidine rings is 1. The van der Waals surface area contributed by atoms with Crippen LogP contribution in [0.15, 0.2) is 0 Å². The van der Waals surface area contributed by atoms with Crippen LogP contribution in [-0.2, 0) is 14.3 Å². The second kappa shape index (κ2) is 5.46. The highest BCUT2D eigenvalue weighted by atomic mass is 16.6. The quantitative estimate of drug-likeness (QED) is 0.782. The van der Waals surface area contributed by atoms with Crippen molar-refractivity contribution in [3.63, 3.8) is 0 Å². The summed E-state index contributed by atoms with van der Waals surface area (Å²) in [6.07, 6.45) is -0.578. The number of carbonyl (C=O) groups excluding carboxylic acids is 1. The predicted molar refractivity (Wildman–Crippen MR) is 64.7 cm³/mol. The average Bonchev–Trinajstić information content (AvgIpc) is 2.25. The fourth-order valence-electron chi connectivity index (χ4n) is 1.96. The highest BCUT2D eigenvalue weighted by Gasteiger charge is 2.40. The van der Waals surface area contributed by atoms with Gasteiger partial charge in [-0.25, -0.2) is 9.59 Å². The predicted octanol–water partition coefficient (Wildman–Crippen LogP) is 1.17. The molecule has 1 amide bonds. The first kappa shape index (κ1) is 15.3. The smallest absolute Gasteiger partial charge is 0.411 e. The van der Waals surface area contributed by atoms with Gasteiger partial charge in [0.2, 0.25) is 0 Å². The summed E-state index contributed by atoms with van der Waals surface area (Å²) in [4.78, 5) is 35.0. The van der Waals surface area contributed by atoms with Gasteiger partial charge < -0.3 is 14.9 Å². The molecule has 0 unspecified atom stereocenters. The van der Waals surface area contributed by atoms with Crippen LogP contribution in [0, 0.1) is 5.92 Å². The lowest BCUT2D eigenvalue weighted by Gasteiger charge is -2.36. The van der Waals surface area contributed by atoms with Crippen LogP contribution in [0.3, 0.4) is 0 Å². The number of carbonyl (C=O) groups is 3. The number of nitrogens with zero attached hydrogens (tertiary/aromatic N) is 1. The highest BCUT2D eigenvalue weighted by Crippen LogP contribution is 2.25. The van der Waals surface area contributed by atoms with Crippen LogP contribution in [-0.4, -0.2) is 51.3 Å². The zero-order valence-electron chi connectivity index (χ0n) is 11.3. The largest absolute Gasteiger partial charge is 0.481 e. The summed E-state index contributed by atoms with van der Waals surface area (Å²) < 4.78 is 5.13. The minimum Gasteiger partial charge on any atom is -0.481 e. The Morgan fingerprint density at radius 1 is 1.16 bits per heavy atom. The lowest BCUT2D eigenvalue weighted by molar-refractivity contribution is -0.150. The molecule has 0 bridgehead atoms. The van der Waals surface area contributed by atoms with Gasteiger partial charge in [0.05, 0.1) is 5.92 Å². The van der Waals surface area contributed by atoms with Crippen molar-refractivity contribution >= 4 is 18.0 Å². The lowest BCUT2D eigenvalue weighted by atomic mass is 9.91. The fourth-order valence-corrected chi connectivity index (χ4v) is 1.96. The first-order valence-electron chi connectivity index (χ1n) is 6.07. The number of rotatable bonds is 2. The van der Waals surface area contributed by atoms with Crippen LogP contribution in [0.25, 0.3) is 0 Å². The van der Waals surface area contributed by atoms with E-state index in [4.69, 9.17) is 14.9 Å². The van der Waals surface area contributed by atoms with Gasteiger partial charge in [-0.15, -0.1) is 0 Å². The van der Waals surface area contributed by atoms with E-state index < -0.39 is 35.6 Å². The molecule has 2 N–H and O–H groups in total. The first-order chi connectivity index (χ1) is 8.61. The van der Waals surface area contributed by atoms with Crippen molar-refractivity contribution in [2.24, 2.45) is 5.92 Å². The zero-order chi connectivity index (χ0) is 14.8. The molecule has 0 saturated carbocycles. The molecule has 1 aliphatic heterocycles. The topological polar surface area (TPSA) is 104 Å². The molecule has 2 atom stereocenters. The molecule has 108 valence electrons. The number of likely N-dealkylation sites (tertiary alicyclic amines) is 1. The van der Waals surface area contributed by atoms with Crippen molar-refractivity contribution in [3.8, 4) is 0 Å². The molecule has 0 aromatic carbocycles. The summed E-state index contributed by atoms with van der Waals surface area (Å²) in [5, 5.41) is 18.0. The van der Waals surface area contributed by atoms with E-state index in [2.05, 4.69) is 0 Å². The van der Waals surface area contributed by atoms with E-state index in [0.29, 0.717) is 0 Å². The first-order valence-corrected chi connectivity index (χ1v) is 6.07. The van der Waals surface area contributed by atoms with Gasteiger partial charge in [0.15, 0.2) is 0 Å². The molecule has 1 saturated heterocycles. The number of ether oxygens (including phenoxy) is 1. The summed E-state index contributed by atoms with van der Waals surface area (Å²) >= 11 is 0. The molecular formula is C12H19NO6. The van der Waals surface area contributed by atoms with Crippen molar-refractivity contribution in [2.75, 3.05) is 6.54 Å². The van der Waals surface area contributed by atoms with Crippen molar-refractivity contribution in [1.82, 2.24) is 4.90 Å². The second-order valence-corrected chi connectivity index (χ2v) is 5.59. The molecule has 7 nitrogen and oxygen atoms in total. The molecule has 0 aliphatic carbocycles. The van der Waals surface area contributed by atoms with E-state index in [1.807, 2.05) is 0 Å². The molecule has 0 radical (unpaired) electrons. The number of hydrogen-bond acceptors (Lipinski definition) is 4. The van der Waals surface area contributed by atoms with Gasteiger partial charge in [-0.1, -0.05) is 0 Å². The number of hydrogen-bond donors (Lipinski definition) is 2. The van der Waals surface area contributed by atoms with Crippen molar-refractivity contribution in [3.05, 3.63) is 0 Å². The third-order valence-electron chi connectivity index (χ3n) is 2.86. The molecule has 0 aromatic heterocycles. The van der Waals surface area contributed by atoms with Crippen LogP contribution in [0.2, 0.25) is 0 Å². The Labute approximate surface area is 111 Å². The zero-order valence-corrected chi connectivity index (χ0v) is 11.3. The molecule has 7 heteroatoms. The van der Waals surface area contributed by atoms with Gasteiger partial charge >= 0.3 is 18.0 Å². The van der Waals surface area contributed by atoms with Gasteiger partial charge in [0.1, 0.15) is 11.6 Å². The van der Waals surface area contributed by atoms with Crippen molar-refractivity contribution < 1.29 is 29.3 Å². The van der Waals surface area contributed by atoms with Crippen LogP contribution >= 0.6 is 0 Å². The number of aliphatic carboxylic acids is 2. The Morgan fingerprint density at radius 2 is 1.74 bits per heavy atom. The maximum absolute atomic E-state index is 11.9. The minimum absolute atomic E-state index is 0.0723. The normalized spacial score (nSPS) is 23.8. The molecule has 1 fully saturated rings. The van der Waals surface area contributed by atoms with Crippen LogP contribution < -0.4 is 0 Å².